The van der Waals surface area contributed by atoms with Gasteiger partial charge < -0.3 is 10.4 Å². The Balaban J connectivity index is 1.96. The average molecular weight is 219 g/mol. The summed E-state index contributed by atoms with van der Waals surface area (Å²) in [6.45, 7) is 4.51. The van der Waals surface area contributed by atoms with Crippen LogP contribution < -0.4 is 5.32 Å². The highest BCUT2D eigenvalue weighted by Crippen LogP contribution is 2.30. The zero-order chi connectivity index (χ0) is 11.5. The molecular formula is C14H21NO. The smallest absolute Gasteiger partial charge is 0.115 e. The lowest BCUT2D eigenvalue weighted by molar-refractivity contribution is 0.220. The van der Waals surface area contributed by atoms with Crippen molar-refractivity contribution in [3.8, 4) is 5.75 Å². The summed E-state index contributed by atoms with van der Waals surface area (Å²) in [4.78, 5) is 0. The molecule has 0 spiro atoms. The minimum Gasteiger partial charge on any atom is -0.508 e. The Morgan fingerprint density at radius 3 is 2.44 bits per heavy atom. The number of phenols is 1. The van der Waals surface area contributed by atoms with Crippen molar-refractivity contribution in [2.24, 2.45) is 5.92 Å². The predicted molar refractivity (Wildman–Crippen MR) is 66.5 cm³/mol. The van der Waals surface area contributed by atoms with Gasteiger partial charge in [0.25, 0.3) is 0 Å². The number of phenolic OH excluding ortho intramolecular Hbond substituents is 1. The maximum absolute atomic E-state index is 9.26. The van der Waals surface area contributed by atoms with E-state index >= 15 is 0 Å². The van der Waals surface area contributed by atoms with Gasteiger partial charge in [0.2, 0.25) is 0 Å². The molecule has 1 aliphatic rings. The highest BCUT2D eigenvalue weighted by molar-refractivity contribution is 5.28. The molecule has 0 bridgehead atoms. The van der Waals surface area contributed by atoms with E-state index in [0.717, 1.165) is 12.3 Å². The van der Waals surface area contributed by atoms with Crippen molar-refractivity contribution in [3.63, 3.8) is 0 Å². The summed E-state index contributed by atoms with van der Waals surface area (Å²) < 4.78 is 0. The molecule has 16 heavy (non-hydrogen) atoms. The van der Waals surface area contributed by atoms with Crippen LogP contribution in [-0.4, -0.2) is 11.1 Å². The molecule has 1 atom stereocenters. The van der Waals surface area contributed by atoms with Crippen molar-refractivity contribution >= 4 is 0 Å². The van der Waals surface area contributed by atoms with Gasteiger partial charge in [-0.15, -0.1) is 0 Å². The second-order valence-corrected chi connectivity index (χ2v) is 4.99. The van der Waals surface area contributed by atoms with Crippen molar-refractivity contribution in [2.75, 3.05) is 0 Å². The number of nitrogens with one attached hydrogen (secondary N) is 1. The van der Waals surface area contributed by atoms with E-state index < -0.39 is 0 Å². The second kappa shape index (κ2) is 4.88. The molecule has 1 aromatic carbocycles. The molecule has 2 N–H and O–H groups in total. The molecule has 1 aliphatic carbocycles. The Morgan fingerprint density at radius 1 is 1.31 bits per heavy atom. The summed E-state index contributed by atoms with van der Waals surface area (Å²) in [5.41, 5.74) is 1.28. The van der Waals surface area contributed by atoms with Crippen molar-refractivity contribution in [2.45, 2.75) is 45.2 Å². The first-order chi connectivity index (χ1) is 7.69. The summed E-state index contributed by atoms with van der Waals surface area (Å²) in [5, 5.41) is 13.0. The first kappa shape index (κ1) is 11.5. The van der Waals surface area contributed by atoms with Gasteiger partial charge in [0.1, 0.15) is 5.75 Å². The average Bonchev–Trinajstić information content (AvgIpc) is 2.24. The third-order valence-electron chi connectivity index (χ3n) is 3.51. The monoisotopic (exact) mass is 219 g/mol. The molecule has 0 saturated heterocycles. The van der Waals surface area contributed by atoms with Crippen molar-refractivity contribution < 1.29 is 5.11 Å². The second-order valence-electron chi connectivity index (χ2n) is 4.99. The predicted octanol–water partition coefficient (Wildman–Crippen LogP) is 3.23. The number of hydrogen-bond acceptors (Lipinski definition) is 2. The molecule has 1 saturated carbocycles. The molecule has 1 aromatic rings. The summed E-state index contributed by atoms with van der Waals surface area (Å²) >= 11 is 0. The lowest BCUT2D eigenvalue weighted by Crippen LogP contribution is -2.41. The highest BCUT2D eigenvalue weighted by atomic mass is 16.3. The van der Waals surface area contributed by atoms with Crippen LogP contribution >= 0.6 is 0 Å². The zero-order valence-corrected chi connectivity index (χ0v) is 10.1. The number of benzene rings is 1. The van der Waals surface area contributed by atoms with E-state index in [1.54, 1.807) is 12.1 Å². The van der Waals surface area contributed by atoms with Gasteiger partial charge in [-0.2, -0.15) is 0 Å². The molecule has 0 aliphatic heterocycles. The zero-order valence-electron chi connectivity index (χ0n) is 10.1. The normalized spacial score (nSPS) is 26.1. The third kappa shape index (κ3) is 2.56. The van der Waals surface area contributed by atoms with Crippen LogP contribution in [-0.2, 0) is 0 Å². The largest absolute Gasteiger partial charge is 0.508 e. The Kier molecular flexibility index (Phi) is 3.49. The van der Waals surface area contributed by atoms with Crippen LogP contribution in [0.2, 0.25) is 0 Å². The molecular weight excluding hydrogens is 198 g/mol. The maximum atomic E-state index is 9.26. The number of rotatable bonds is 4. The van der Waals surface area contributed by atoms with Crippen molar-refractivity contribution in [3.05, 3.63) is 29.8 Å². The van der Waals surface area contributed by atoms with Gasteiger partial charge in [-0.05, 0) is 42.9 Å². The summed E-state index contributed by atoms with van der Waals surface area (Å²) in [6.07, 6.45) is 3.69. The van der Waals surface area contributed by atoms with E-state index in [0.29, 0.717) is 17.8 Å². The van der Waals surface area contributed by atoms with E-state index in [9.17, 15) is 5.11 Å². The van der Waals surface area contributed by atoms with Crippen molar-refractivity contribution in [1.29, 1.82) is 0 Å². The molecule has 2 nitrogen and oxygen atoms in total. The summed E-state index contributed by atoms with van der Waals surface area (Å²) in [7, 11) is 0. The van der Waals surface area contributed by atoms with E-state index in [1.807, 2.05) is 12.1 Å². The first-order valence-corrected chi connectivity index (χ1v) is 6.24. The van der Waals surface area contributed by atoms with Gasteiger partial charge in [-0.25, -0.2) is 0 Å². The number of aromatic hydroxyl groups is 1. The third-order valence-corrected chi connectivity index (χ3v) is 3.51. The molecule has 0 amide bonds. The fourth-order valence-electron chi connectivity index (χ4n) is 2.48. The van der Waals surface area contributed by atoms with Crippen LogP contribution in [0.1, 0.15) is 44.7 Å². The van der Waals surface area contributed by atoms with Crippen LogP contribution in [0.4, 0.5) is 0 Å². The molecule has 1 fully saturated rings. The molecule has 0 aromatic heterocycles. The summed E-state index contributed by atoms with van der Waals surface area (Å²) in [5.74, 6) is 1.23. The van der Waals surface area contributed by atoms with Crippen LogP contribution in [0.15, 0.2) is 24.3 Å². The number of hydrogen-bond donors (Lipinski definition) is 2. The van der Waals surface area contributed by atoms with Gasteiger partial charge in [0.15, 0.2) is 0 Å². The Hall–Kier alpha value is -1.02. The molecule has 0 heterocycles. The standard InChI is InChI=1S/C14H21NO/c1-3-14(15-12-8-10(2)9-12)11-4-6-13(16)7-5-11/h4-7,10,12,14-16H,3,8-9H2,1-2H3. The fraction of sp³-hybridized carbons (Fsp3) is 0.571. The highest BCUT2D eigenvalue weighted by Gasteiger charge is 2.27. The maximum Gasteiger partial charge on any atom is 0.115 e. The SMILES string of the molecule is CCC(NC1CC(C)C1)c1ccc(O)cc1. The van der Waals surface area contributed by atoms with E-state index in [2.05, 4.69) is 19.2 Å². The van der Waals surface area contributed by atoms with Crippen LogP contribution in [0, 0.1) is 5.92 Å². The van der Waals surface area contributed by atoms with E-state index in [1.165, 1.54) is 18.4 Å². The lowest BCUT2D eigenvalue weighted by atomic mass is 9.81. The minimum atomic E-state index is 0.343. The topological polar surface area (TPSA) is 32.3 Å². The minimum absolute atomic E-state index is 0.343. The van der Waals surface area contributed by atoms with Gasteiger partial charge in [0.05, 0.1) is 0 Å². The van der Waals surface area contributed by atoms with Gasteiger partial charge >= 0.3 is 0 Å². The Bertz CT molecular complexity index is 327. The molecule has 88 valence electrons. The van der Waals surface area contributed by atoms with Gasteiger partial charge in [-0.1, -0.05) is 26.0 Å². The van der Waals surface area contributed by atoms with Gasteiger partial charge in [-0.3, -0.25) is 0 Å². The van der Waals surface area contributed by atoms with E-state index in [-0.39, 0.29) is 0 Å². The summed E-state index contributed by atoms with van der Waals surface area (Å²) in [6, 6.07) is 8.68. The van der Waals surface area contributed by atoms with Gasteiger partial charge in [0, 0.05) is 12.1 Å². The first-order valence-electron chi connectivity index (χ1n) is 6.24. The van der Waals surface area contributed by atoms with Crippen LogP contribution in [0.25, 0.3) is 0 Å². The van der Waals surface area contributed by atoms with Crippen molar-refractivity contribution in [1.82, 2.24) is 5.32 Å². The van der Waals surface area contributed by atoms with E-state index in [4.69, 9.17) is 0 Å². The lowest BCUT2D eigenvalue weighted by Gasteiger charge is -2.36. The van der Waals surface area contributed by atoms with Crippen LogP contribution in [0.5, 0.6) is 5.75 Å². The molecule has 1 unspecified atom stereocenters. The molecule has 2 heteroatoms. The van der Waals surface area contributed by atoms with Crippen LogP contribution in [0.3, 0.4) is 0 Å². The Labute approximate surface area is 97.7 Å². The fourth-order valence-corrected chi connectivity index (χ4v) is 2.48. The quantitative estimate of drug-likeness (QED) is 0.815. The Morgan fingerprint density at radius 2 is 1.94 bits per heavy atom. The molecule has 2 rings (SSSR count). The molecule has 0 radical (unpaired) electrons.